The Kier molecular flexibility index (Phi) is 3.76. The van der Waals surface area contributed by atoms with Crippen LogP contribution >= 0.6 is 15.9 Å². The molecule has 0 saturated carbocycles. The Morgan fingerprint density at radius 2 is 1.75 bits per heavy atom. The van der Waals surface area contributed by atoms with Gasteiger partial charge in [0.05, 0.1) is 6.10 Å². The topological polar surface area (TPSA) is 40.5 Å². The summed E-state index contributed by atoms with van der Waals surface area (Å²) in [6, 6.07) is 11.8. The fourth-order valence-electron chi connectivity index (χ4n) is 2.60. The van der Waals surface area contributed by atoms with Crippen LogP contribution in [0.2, 0.25) is 0 Å². The number of hydrogen-bond donors (Lipinski definition) is 1. The predicted octanol–water partition coefficient (Wildman–Crippen LogP) is 3.20. The summed E-state index contributed by atoms with van der Waals surface area (Å²) in [5.41, 5.74) is 0.719. The van der Waals surface area contributed by atoms with Crippen molar-refractivity contribution in [2.45, 2.75) is 18.9 Å². The molecule has 1 aliphatic heterocycles. The number of likely N-dealkylation sites (tertiary alicyclic amines) is 1. The van der Waals surface area contributed by atoms with Crippen molar-refractivity contribution in [3.05, 3.63) is 46.4 Å². The van der Waals surface area contributed by atoms with E-state index in [1.54, 1.807) is 0 Å². The van der Waals surface area contributed by atoms with Crippen molar-refractivity contribution in [2.24, 2.45) is 0 Å². The van der Waals surface area contributed by atoms with E-state index in [1.807, 2.05) is 41.3 Å². The number of aliphatic hydroxyl groups is 1. The lowest BCUT2D eigenvalue weighted by Gasteiger charge is -2.29. The second-order valence-corrected chi connectivity index (χ2v) is 6.15. The first-order valence-corrected chi connectivity index (χ1v) is 7.59. The van der Waals surface area contributed by atoms with Crippen molar-refractivity contribution in [3.8, 4) is 0 Å². The molecule has 3 rings (SSSR count). The van der Waals surface area contributed by atoms with Gasteiger partial charge in [-0.1, -0.05) is 28.1 Å². The smallest absolute Gasteiger partial charge is 0.253 e. The van der Waals surface area contributed by atoms with Crippen molar-refractivity contribution >= 4 is 32.6 Å². The first-order valence-electron chi connectivity index (χ1n) is 6.80. The van der Waals surface area contributed by atoms with Crippen molar-refractivity contribution in [1.29, 1.82) is 0 Å². The van der Waals surface area contributed by atoms with E-state index in [1.165, 1.54) is 0 Å². The van der Waals surface area contributed by atoms with E-state index >= 15 is 0 Å². The van der Waals surface area contributed by atoms with E-state index in [9.17, 15) is 9.90 Å². The molecule has 3 nitrogen and oxygen atoms in total. The summed E-state index contributed by atoms with van der Waals surface area (Å²) < 4.78 is 1.04. The molecule has 104 valence electrons. The van der Waals surface area contributed by atoms with Crippen LogP contribution in [0.15, 0.2) is 40.9 Å². The summed E-state index contributed by atoms with van der Waals surface area (Å²) >= 11 is 3.45. The number of hydrogen-bond acceptors (Lipinski definition) is 2. The van der Waals surface area contributed by atoms with E-state index in [4.69, 9.17) is 0 Å². The van der Waals surface area contributed by atoms with Crippen LogP contribution in [-0.4, -0.2) is 35.1 Å². The highest BCUT2D eigenvalue weighted by Crippen LogP contribution is 2.22. The second-order valence-electron chi connectivity index (χ2n) is 5.23. The molecule has 20 heavy (non-hydrogen) atoms. The highest BCUT2D eigenvalue weighted by molar-refractivity contribution is 9.10. The molecule has 0 spiro atoms. The molecule has 1 saturated heterocycles. The molecule has 0 bridgehead atoms. The summed E-state index contributed by atoms with van der Waals surface area (Å²) in [6.07, 6.45) is 1.09. The molecular formula is C16H16BrNO2. The van der Waals surface area contributed by atoms with Gasteiger partial charge in [-0.2, -0.15) is 0 Å². The summed E-state index contributed by atoms with van der Waals surface area (Å²) in [5.74, 6) is 0.0571. The van der Waals surface area contributed by atoms with Gasteiger partial charge in [0.15, 0.2) is 0 Å². The number of piperidine rings is 1. The molecule has 1 heterocycles. The number of amides is 1. The molecule has 4 heteroatoms. The van der Waals surface area contributed by atoms with Gasteiger partial charge in [-0.05, 0) is 47.9 Å². The van der Waals surface area contributed by atoms with Crippen LogP contribution in [0, 0.1) is 0 Å². The van der Waals surface area contributed by atoms with Gasteiger partial charge in [-0.3, -0.25) is 4.79 Å². The van der Waals surface area contributed by atoms with Crippen LogP contribution in [0.3, 0.4) is 0 Å². The SMILES string of the molecule is O=C(c1ccc2cc(Br)ccc2c1)N1CCC(O)CC1. The normalized spacial score (nSPS) is 16.6. The number of aliphatic hydroxyl groups excluding tert-OH is 1. The Balaban J connectivity index is 1.86. The van der Waals surface area contributed by atoms with Crippen LogP contribution in [0.1, 0.15) is 23.2 Å². The lowest BCUT2D eigenvalue weighted by molar-refractivity contribution is 0.0546. The molecule has 0 aliphatic carbocycles. The molecule has 0 unspecified atom stereocenters. The molecule has 1 aliphatic rings. The summed E-state index contributed by atoms with van der Waals surface area (Å²) in [6.45, 7) is 1.27. The lowest BCUT2D eigenvalue weighted by atomic mass is 10.0. The minimum Gasteiger partial charge on any atom is -0.393 e. The third-order valence-corrected chi connectivity index (χ3v) is 4.29. The van der Waals surface area contributed by atoms with Crippen LogP contribution in [0.25, 0.3) is 10.8 Å². The Hall–Kier alpha value is -1.39. The Labute approximate surface area is 126 Å². The first kappa shape index (κ1) is 13.6. The van der Waals surface area contributed by atoms with E-state index < -0.39 is 0 Å². The maximum atomic E-state index is 12.5. The lowest BCUT2D eigenvalue weighted by Crippen LogP contribution is -2.40. The molecule has 1 N–H and O–H groups in total. The summed E-state index contributed by atoms with van der Waals surface area (Å²) in [5, 5.41) is 11.7. The summed E-state index contributed by atoms with van der Waals surface area (Å²) in [4.78, 5) is 14.3. The third kappa shape index (κ3) is 2.72. The van der Waals surface area contributed by atoms with Crippen LogP contribution in [0.4, 0.5) is 0 Å². The molecular weight excluding hydrogens is 318 g/mol. The highest BCUT2D eigenvalue weighted by atomic mass is 79.9. The van der Waals surface area contributed by atoms with E-state index in [0.29, 0.717) is 25.9 Å². The molecule has 2 aromatic carbocycles. The molecule has 1 amide bonds. The Morgan fingerprint density at radius 3 is 2.50 bits per heavy atom. The molecule has 0 atom stereocenters. The van der Waals surface area contributed by atoms with E-state index in [2.05, 4.69) is 15.9 Å². The van der Waals surface area contributed by atoms with Gasteiger partial charge in [0.1, 0.15) is 0 Å². The number of nitrogens with zero attached hydrogens (tertiary/aromatic N) is 1. The zero-order valence-electron chi connectivity index (χ0n) is 11.1. The van der Waals surface area contributed by atoms with Gasteiger partial charge in [-0.25, -0.2) is 0 Å². The highest BCUT2D eigenvalue weighted by Gasteiger charge is 2.22. The molecule has 0 radical (unpaired) electrons. The molecule has 1 fully saturated rings. The molecule has 2 aromatic rings. The van der Waals surface area contributed by atoms with Gasteiger partial charge >= 0.3 is 0 Å². The first-order chi connectivity index (χ1) is 9.63. The standard InChI is InChI=1S/C16H16BrNO2/c17-14-4-3-11-9-13(2-1-12(11)10-14)16(20)18-7-5-15(19)6-8-18/h1-4,9-10,15,19H,5-8H2. The maximum Gasteiger partial charge on any atom is 0.253 e. The average Bonchev–Trinajstić information content (AvgIpc) is 2.47. The molecule has 0 aromatic heterocycles. The number of fused-ring (bicyclic) bond motifs is 1. The van der Waals surface area contributed by atoms with Gasteiger partial charge < -0.3 is 10.0 Å². The number of rotatable bonds is 1. The summed E-state index contributed by atoms with van der Waals surface area (Å²) in [7, 11) is 0. The Morgan fingerprint density at radius 1 is 1.10 bits per heavy atom. The predicted molar refractivity (Wildman–Crippen MR) is 82.8 cm³/mol. The van der Waals surface area contributed by atoms with Gasteiger partial charge in [0, 0.05) is 23.1 Å². The minimum atomic E-state index is -0.256. The number of carbonyl (C=O) groups excluding carboxylic acids is 1. The van der Waals surface area contributed by atoms with Gasteiger partial charge in [-0.15, -0.1) is 0 Å². The monoisotopic (exact) mass is 333 g/mol. The van der Waals surface area contributed by atoms with E-state index in [0.717, 1.165) is 20.8 Å². The fraction of sp³-hybridized carbons (Fsp3) is 0.312. The van der Waals surface area contributed by atoms with E-state index in [-0.39, 0.29) is 12.0 Å². The van der Waals surface area contributed by atoms with Gasteiger partial charge in [0.25, 0.3) is 5.91 Å². The van der Waals surface area contributed by atoms with Crippen molar-refractivity contribution in [1.82, 2.24) is 4.90 Å². The largest absolute Gasteiger partial charge is 0.393 e. The van der Waals surface area contributed by atoms with Crippen molar-refractivity contribution < 1.29 is 9.90 Å². The van der Waals surface area contributed by atoms with Crippen LogP contribution in [0.5, 0.6) is 0 Å². The second kappa shape index (κ2) is 5.54. The Bertz CT molecular complexity index is 648. The van der Waals surface area contributed by atoms with Crippen LogP contribution in [-0.2, 0) is 0 Å². The zero-order valence-corrected chi connectivity index (χ0v) is 12.6. The number of benzene rings is 2. The maximum absolute atomic E-state index is 12.5. The zero-order chi connectivity index (χ0) is 14.1. The van der Waals surface area contributed by atoms with Gasteiger partial charge in [0.2, 0.25) is 0 Å². The number of carbonyl (C=O) groups is 1. The third-order valence-electron chi connectivity index (χ3n) is 3.80. The quantitative estimate of drug-likeness (QED) is 0.870. The minimum absolute atomic E-state index is 0.0571. The fourth-order valence-corrected chi connectivity index (χ4v) is 2.98. The number of halogens is 1. The average molecular weight is 334 g/mol. The van der Waals surface area contributed by atoms with Crippen LogP contribution < -0.4 is 0 Å². The van der Waals surface area contributed by atoms with Crippen molar-refractivity contribution in [2.75, 3.05) is 13.1 Å². The van der Waals surface area contributed by atoms with Crippen molar-refractivity contribution in [3.63, 3.8) is 0 Å².